The summed E-state index contributed by atoms with van der Waals surface area (Å²) in [7, 11) is 0. The van der Waals surface area contributed by atoms with E-state index in [-0.39, 0.29) is 5.91 Å². The molecule has 0 aliphatic heterocycles. The van der Waals surface area contributed by atoms with Crippen LogP contribution in [0.25, 0.3) is 11.1 Å². The van der Waals surface area contributed by atoms with Crippen molar-refractivity contribution >= 4 is 22.4 Å². The van der Waals surface area contributed by atoms with Crippen molar-refractivity contribution in [2.45, 2.75) is 26.3 Å². The Kier molecular flexibility index (Phi) is 4.83. The Morgan fingerprint density at radius 3 is 2.78 bits per heavy atom. The molecule has 1 amide bonds. The predicted molar refractivity (Wildman–Crippen MR) is 92.4 cm³/mol. The van der Waals surface area contributed by atoms with Crippen molar-refractivity contribution in [3.05, 3.63) is 53.8 Å². The van der Waals surface area contributed by atoms with Gasteiger partial charge in [0.2, 0.25) is 5.91 Å². The second-order valence-electron chi connectivity index (χ2n) is 5.29. The normalized spacial score (nSPS) is 10.7. The SMILES string of the molecule is Cc1cnc(NC(=O)CCCn2cc(-c3ccccc3)cn2)s1. The number of aryl methyl sites for hydroxylation is 2. The Bertz CT molecular complexity index is 779. The van der Waals surface area contributed by atoms with E-state index in [1.807, 2.05) is 42.2 Å². The van der Waals surface area contributed by atoms with Crippen LogP contribution in [0.4, 0.5) is 5.13 Å². The molecule has 0 fully saturated rings. The minimum atomic E-state index is -0.00483. The minimum absolute atomic E-state index is 0.00483. The summed E-state index contributed by atoms with van der Waals surface area (Å²) >= 11 is 1.49. The summed E-state index contributed by atoms with van der Waals surface area (Å²) in [6.45, 7) is 2.69. The first kappa shape index (κ1) is 15.4. The summed E-state index contributed by atoms with van der Waals surface area (Å²) in [5.74, 6) is -0.00483. The molecule has 0 aliphatic carbocycles. The molecule has 1 aromatic carbocycles. The molecule has 0 aliphatic rings. The quantitative estimate of drug-likeness (QED) is 0.751. The molecule has 118 valence electrons. The third kappa shape index (κ3) is 4.26. The Morgan fingerprint density at radius 1 is 1.22 bits per heavy atom. The fourth-order valence-electron chi connectivity index (χ4n) is 2.26. The van der Waals surface area contributed by atoms with Gasteiger partial charge in [-0.25, -0.2) is 4.98 Å². The summed E-state index contributed by atoms with van der Waals surface area (Å²) < 4.78 is 1.88. The highest BCUT2D eigenvalue weighted by molar-refractivity contribution is 7.15. The summed E-state index contributed by atoms with van der Waals surface area (Å²) in [4.78, 5) is 17.1. The summed E-state index contributed by atoms with van der Waals surface area (Å²) in [6, 6.07) is 10.1. The van der Waals surface area contributed by atoms with Gasteiger partial charge in [-0.1, -0.05) is 30.3 Å². The van der Waals surface area contributed by atoms with Gasteiger partial charge in [0.25, 0.3) is 0 Å². The number of thiazole rings is 1. The molecule has 0 atom stereocenters. The second kappa shape index (κ2) is 7.19. The fraction of sp³-hybridized carbons (Fsp3) is 0.235. The smallest absolute Gasteiger partial charge is 0.226 e. The predicted octanol–water partition coefficient (Wildman–Crippen LogP) is 3.73. The molecular weight excluding hydrogens is 308 g/mol. The molecule has 0 saturated heterocycles. The van der Waals surface area contributed by atoms with Crippen molar-refractivity contribution < 1.29 is 4.79 Å². The van der Waals surface area contributed by atoms with E-state index in [4.69, 9.17) is 0 Å². The highest BCUT2D eigenvalue weighted by Gasteiger charge is 2.06. The van der Waals surface area contributed by atoms with E-state index in [2.05, 4.69) is 27.5 Å². The third-order valence-electron chi connectivity index (χ3n) is 3.40. The molecule has 1 N–H and O–H groups in total. The largest absolute Gasteiger partial charge is 0.302 e. The van der Waals surface area contributed by atoms with Crippen LogP contribution in [0, 0.1) is 6.92 Å². The maximum Gasteiger partial charge on any atom is 0.226 e. The number of hydrogen-bond donors (Lipinski definition) is 1. The van der Waals surface area contributed by atoms with Gasteiger partial charge in [-0.05, 0) is 18.9 Å². The lowest BCUT2D eigenvalue weighted by Crippen LogP contribution is -2.12. The molecule has 0 saturated carbocycles. The Morgan fingerprint density at radius 2 is 2.04 bits per heavy atom. The highest BCUT2D eigenvalue weighted by atomic mass is 32.1. The molecular formula is C17H18N4OS. The van der Waals surface area contributed by atoms with E-state index in [9.17, 15) is 4.79 Å². The van der Waals surface area contributed by atoms with E-state index >= 15 is 0 Å². The van der Waals surface area contributed by atoms with Gasteiger partial charge in [-0.2, -0.15) is 5.10 Å². The van der Waals surface area contributed by atoms with E-state index < -0.39 is 0 Å². The van der Waals surface area contributed by atoms with Crippen molar-refractivity contribution in [2.24, 2.45) is 0 Å². The van der Waals surface area contributed by atoms with Crippen LogP contribution < -0.4 is 5.32 Å². The zero-order valence-electron chi connectivity index (χ0n) is 12.9. The monoisotopic (exact) mass is 326 g/mol. The number of aromatic nitrogens is 3. The molecule has 3 aromatic rings. The van der Waals surface area contributed by atoms with Gasteiger partial charge in [0, 0.05) is 35.8 Å². The second-order valence-corrected chi connectivity index (χ2v) is 6.52. The topological polar surface area (TPSA) is 59.8 Å². The molecule has 5 nitrogen and oxygen atoms in total. The molecule has 3 rings (SSSR count). The van der Waals surface area contributed by atoms with Crippen molar-refractivity contribution in [3.63, 3.8) is 0 Å². The van der Waals surface area contributed by atoms with E-state index in [1.165, 1.54) is 11.3 Å². The number of nitrogens with one attached hydrogen (secondary N) is 1. The molecule has 2 aromatic heterocycles. The van der Waals surface area contributed by atoms with E-state index in [0.29, 0.717) is 11.6 Å². The lowest BCUT2D eigenvalue weighted by molar-refractivity contribution is -0.116. The molecule has 0 unspecified atom stereocenters. The third-order valence-corrected chi connectivity index (χ3v) is 4.23. The molecule has 0 spiro atoms. The van der Waals surface area contributed by atoms with Gasteiger partial charge >= 0.3 is 0 Å². The van der Waals surface area contributed by atoms with Crippen LogP contribution in [-0.4, -0.2) is 20.7 Å². The standard InChI is InChI=1S/C17H18N4OS/c1-13-10-18-17(23-13)20-16(22)8-5-9-21-12-15(11-19-21)14-6-3-2-4-7-14/h2-4,6-7,10-12H,5,8-9H2,1H3,(H,18,20,22). The van der Waals surface area contributed by atoms with Crippen LogP contribution >= 0.6 is 11.3 Å². The van der Waals surface area contributed by atoms with Crippen LogP contribution in [0.3, 0.4) is 0 Å². The number of anilines is 1. The maximum atomic E-state index is 11.9. The van der Waals surface area contributed by atoms with Gasteiger partial charge < -0.3 is 5.32 Å². The van der Waals surface area contributed by atoms with Crippen LogP contribution in [0.2, 0.25) is 0 Å². The summed E-state index contributed by atoms with van der Waals surface area (Å²) in [5.41, 5.74) is 2.24. The van der Waals surface area contributed by atoms with E-state index in [0.717, 1.165) is 29.0 Å². The van der Waals surface area contributed by atoms with Crippen molar-refractivity contribution in [1.82, 2.24) is 14.8 Å². The number of carbonyl (C=O) groups excluding carboxylic acids is 1. The first-order valence-corrected chi connectivity index (χ1v) is 8.32. The molecule has 2 heterocycles. The lowest BCUT2D eigenvalue weighted by Gasteiger charge is -2.02. The number of carbonyl (C=O) groups is 1. The lowest BCUT2D eigenvalue weighted by atomic mass is 10.1. The maximum absolute atomic E-state index is 11.9. The number of rotatable bonds is 6. The van der Waals surface area contributed by atoms with Gasteiger partial charge in [0.1, 0.15) is 0 Å². The van der Waals surface area contributed by atoms with Crippen LogP contribution in [0.1, 0.15) is 17.7 Å². The van der Waals surface area contributed by atoms with Crippen molar-refractivity contribution in [2.75, 3.05) is 5.32 Å². The number of benzene rings is 1. The van der Waals surface area contributed by atoms with Crippen LogP contribution in [-0.2, 0) is 11.3 Å². The summed E-state index contributed by atoms with van der Waals surface area (Å²) in [6.07, 6.45) is 6.82. The summed E-state index contributed by atoms with van der Waals surface area (Å²) in [5, 5.41) is 7.84. The fourth-order valence-corrected chi connectivity index (χ4v) is 2.94. The van der Waals surface area contributed by atoms with Crippen molar-refractivity contribution in [3.8, 4) is 11.1 Å². The molecule has 6 heteroatoms. The highest BCUT2D eigenvalue weighted by Crippen LogP contribution is 2.18. The minimum Gasteiger partial charge on any atom is -0.302 e. The van der Waals surface area contributed by atoms with Gasteiger partial charge in [0.05, 0.1) is 6.20 Å². The first-order valence-electron chi connectivity index (χ1n) is 7.51. The van der Waals surface area contributed by atoms with Gasteiger partial charge in [-0.15, -0.1) is 11.3 Å². The average Bonchev–Trinajstić information content (AvgIpc) is 3.17. The Hall–Kier alpha value is -2.47. The van der Waals surface area contributed by atoms with Crippen LogP contribution in [0.5, 0.6) is 0 Å². The Labute approximate surface area is 139 Å². The first-order chi connectivity index (χ1) is 11.2. The zero-order chi connectivity index (χ0) is 16.1. The van der Waals surface area contributed by atoms with Gasteiger partial charge in [-0.3, -0.25) is 9.48 Å². The average molecular weight is 326 g/mol. The molecule has 0 radical (unpaired) electrons. The Balaban J connectivity index is 1.47. The number of hydrogen-bond acceptors (Lipinski definition) is 4. The number of nitrogens with zero attached hydrogens (tertiary/aromatic N) is 3. The van der Waals surface area contributed by atoms with Crippen molar-refractivity contribution in [1.29, 1.82) is 0 Å². The molecule has 23 heavy (non-hydrogen) atoms. The van der Waals surface area contributed by atoms with Crippen LogP contribution in [0.15, 0.2) is 48.9 Å². The van der Waals surface area contributed by atoms with Gasteiger partial charge in [0.15, 0.2) is 5.13 Å². The number of amides is 1. The zero-order valence-corrected chi connectivity index (χ0v) is 13.7. The molecule has 0 bridgehead atoms. The van der Waals surface area contributed by atoms with E-state index in [1.54, 1.807) is 6.20 Å².